The van der Waals surface area contributed by atoms with Crippen LogP contribution in [-0.4, -0.2) is 49.7 Å². The van der Waals surface area contributed by atoms with Crippen LogP contribution in [0.3, 0.4) is 0 Å². The monoisotopic (exact) mass is 462 g/mol. The number of piperazine rings is 1. The van der Waals surface area contributed by atoms with Crippen molar-refractivity contribution in [3.63, 3.8) is 0 Å². The first-order chi connectivity index (χ1) is 15.6. The summed E-state index contributed by atoms with van der Waals surface area (Å²) in [5.74, 6) is 0.470. The van der Waals surface area contributed by atoms with Crippen molar-refractivity contribution in [3.05, 3.63) is 41.5 Å². The van der Waals surface area contributed by atoms with Crippen molar-refractivity contribution >= 4 is 11.7 Å². The summed E-state index contributed by atoms with van der Waals surface area (Å²) in [6.45, 7) is 8.04. The molecule has 2 saturated heterocycles. The van der Waals surface area contributed by atoms with Gasteiger partial charge >= 0.3 is 12.1 Å². The molecule has 1 aromatic rings. The number of benzene rings is 1. The Morgan fingerprint density at radius 3 is 2.67 bits per heavy atom. The molecule has 5 rings (SSSR count). The maximum absolute atomic E-state index is 13.1. The van der Waals surface area contributed by atoms with E-state index in [0.29, 0.717) is 31.2 Å². The summed E-state index contributed by atoms with van der Waals surface area (Å²) in [4.78, 5) is 17.1. The van der Waals surface area contributed by atoms with Gasteiger partial charge in [-0.2, -0.15) is 13.2 Å². The van der Waals surface area contributed by atoms with E-state index in [0.717, 1.165) is 25.6 Å². The first kappa shape index (κ1) is 22.8. The minimum Gasteiger partial charge on any atom is -0.461 e. The minimum atomic E-state index is -4.34. The number of ether oxygens (including phenoxy) is 1. The molecule has 0 unspecified atom stereocenters. The highest BCUT2D eigenvalue weighted by Crippen LogP contribution is 2.54. The van der Waals surface area contributed by atoms with E-state index >= 15 is 0 Å². The fourth-order valence-corrected chi connectivity index (χ4v) is 6.60. The Morgan fingerprint density at radius 2 is 1.94 bits per heavy atom. The van der Waals surface area contributed by atoms with E-state index in [1.54, 1.807) is 6.07 Å². The van der Waals surface area contributed by atoms with Crippen LogP contribution in [0.2, 0.25) is 0 Å². The third-order valence-electron chi connectivity index (χ3n) is 8.45. The van der Waals surface area contributed by atoms with E-state index in [4.69, 9.17) is 4.74 Å². The smallest absolute Gasteiger partial charge is 0.416 e. The van der Waals surface area contributed by atoms with Crippen LogP contribution in [0.1, 0.15) is 45.1 Å². The predicted molar refractivity (Wildman–Crippen MR) is 121 cm³/mol. The summed E-state index contributed by atoms with van der Waals surface area (Å²) in [5, 5.41) is 0. The molecule has 1 saturated carbocycles. The zero-order valence-corrected chi connectivity index (χ0v) is 19.4. The van der Waals surface area contributed by atoms with Gasteiger partial charge < -0.3 is 9.64 Å². The highest BCUT2D eigenvalue weighted by Gasteiger charge is 2.52. The summed E-state index contributed by atoms with van der Waals surface area (Å²) in [6, 6.07) is 5.54. The highest BCUT2D eigenvalue weighted by molar-refractivity contribution is 5.76. The van der Waals surface area contributed by atoms with E-state index < -0.39 is 11.7 Å². The molecule has 2 aliphatic heterocycles. The average molecular weight is 463 g/mol. The Morgan fingerprint density at radius 1 is 1.18 bits per heavy atom. The second-order valence-electron chi connectivity index (χ2n) is 10.7. The van der Waals surface area contributed by atoms with Gasteiger partial charge in [0.05, 0.1) is 11.5 Å². The minimum absolute atomic E-state index is 0.0204. The predicted octanol–water partition coefficient (Wildman–Crippen LogP) is 5.14. The van der Waals surface area contributed by atoms with Crippen molar-refractivity contribution in [2.45, 2.75) is 51.8 Å². The molecular weight excluding hydrogens is 429 g/mol. The Balaban J connectivity index is 1.24. The lowest BCUT2D eigenvalue weighted by atomic mass is 9.59. The molecule has 5 atom stereocenters. The summed E-state index contributed by atoms with van der Waals surface area (Å²) >= 11 is 0. The first-order valence-electron chi connectivity index (χ1n) is 12.2. The van der Waals surface area contributed by atoms with Crippen LogP contribution in [0.15, 0.2) is 35.9 Å². The number of fused-ring (bicyclic) bond motifs is 2. The van der Waals surface area contributed by atoms with Crippen LogP contribution in [-0.2, 0) is 15.7 Å². The SMILES string of the molecule is C[C@@H]1CCC[C@]2(C)C[C@@H]3OC(=O)[C@@H](CN4CCN(c5cccc(C(F)(F)F)c5)CC4)[C@H]3C=C12. The average Bonchev–Trinajstić information content (AvgIpc) is 3.06. The van der Waals surface area contributed by atoms with Crippen LogP contribution in [0.4, 0.5) is 18.9 Å². The number of esters is 1. The number of hydrogen-bond acceptors (Lipinski definition) is 4. The van der Waals surface area contributed by atoms with Gasteiger partial charge in [0.25, 0.3) is 0 Å². The summed E-state index contributed by atoms with van der Waals surface area (Å²) in [5.41, 5.74) is 1.67. The van der Waals surface area contributed by atoms with Crippen molar-refractivity contribution in [2.75, 3.05) is 37.6 Å². The van der Waals surface area contributed by atoms with E-state index in [9.17, 15) is 18.0 Å². The molecule has 0 N–H and O–H groups in total. The second kappa shape index (κ2) is 8.33. The second-order valence-corrected chi connectivity index (χ2v) is 10.7. The van der Waals surface area contributed by atoms with Crippen LogP contribution in [0.5, 0.6) is 0 Å². The lowest BCUT2D eigenvalue weighted by Gasteiger charge is -2.46. The zero-order valence-electron chi connectivity index (χ0n) is 19.4. The zero-order chi connectivity index (χ0) is 23.4. The highest BCUT2D eigenvalue weighted by atomic mass is 19.4. The Labute approximate surface area is 193 Å². The van der Waals surface area contributed by atoms with Gasteiger partial charge in [0.1, 0.15) is 6.10 Å². The number of carbonyl (C=O) groups excluding carboxylic acids is 1. The van der Waals surface area contributed by atoms with Crippen molar-refractivity contribution in [3.8, 4) is 0 Å². The molecule has 2 heterocycles. The van der Waals surface area contributed by atoms with E-state index in [2.05, 4.69) is 24.8 Å². The van der Waals surface area contributed by atoms with Crippen molar-refractivity contribution in [1.29, 1.82) is 0 Å². The Bertz CT molecular complexity index is 938. The molecule has 33 heavy (non-hydrogen) atoms. The third-order valence-corrected chi connectivity index (χ3v) is 8.45. The lowest BCUT2D eigenvalue weighted by molar-refractivity contribution is -0.145. The molecule has 4 nitrogen and oxygen atoms in total. The topological polar surface area (TPSA) is 32.8 Å². The molecule has 180 valence electrons. The number of anilines is 1. The molecule has 1 aromatic carbocycles. The van der Waals surface area contributed by atoms with Crippen molar-refractivity contribution in [1.82, 2.24) is 4.90 Å². The summed E-state index contributed by atoms with van der Waals surface area (Å²) < 4.78 is 45.1. The number of hydrogen-bond donors (Lipinski definition) is 0. The van der Waals surface area contributed by atoms with Gasteiger partial charge in [-0.25, -0.2) is 0 Å². The molecule has 7 heteroatoms. The third kappa shape index (κ3) is 4.29. The Hall–Kier alpha value is -2.02. The molecule has 4 aliphatic rings. The maximum atomic E-state index is 13.1. The molecule has 2 aliphatic carbocycles. The van der Waals surface area contributed by atoms with Gasteiger partial charge in [0.15, 0.2) is 0 Å². The van der Waals surface area contributed by atoms with Crippen LogP contribution < -0.4 is 4.90 Å². The van der Waals surface area contributed by atoms with Crippen LogP contribution in [0, 0.1) is 23.2 Å². The van der Waals surface area contributed by atoms with Gasteiger partial charge in [-0.3, -0.25) is 9.69 Å². The number of halogens is 3. The molecular formula is C26H33F3N2O2. The van der Waals surface area contributed by atoms with Gasteiger partial charge in [-0.1, -0.05) is 38.0 Å². The fraction of sp³-hybridized carbons (Fsp3) is 0.654. The summed E-state index contributed by atoms with van der Waals surface area (Å²) in [7, 11) is 0. The first-order valence-corrected chi connectivity index (χ1v) is 12.2. The molecule has 0 spiro atoms. The number of allylic oxidation sites excluding steroid dienone is 1. The number of alkyl halides is 3. The number of rotatable bonds is 3. The lowest BCUT2D eigenvalue weighted by Crippen LogP contribution is -2.49. The summed E-state index contributed by atoms with van der Waals surface area (Å²) in [6.07, 6.45) is 2.58. The number of nitrogens with zero attached hydrogens (tertiary/aromatic N) is 2. The van der Waals surface area contributed by atoms with E-state index in [-0.39, 0.29) is 29.3 Å². The molecule has 0 radical (unpaired) electrons. The van der Waals surface area contributed by atoms with Crippen molar-refractivity contribution < 1.29 is 22.7 Å². The largest absolute Gasteiger partial charge is 0.461 e. The molecule has 3 fully saturated rings. The van der Waals surface area contributed by atoms with Gasteiger partial charge in [0, 0.05) is 44.3 Å². The van der Waals surface area contributed by atoms with E-state index in [1.807, 2.05) is 4.90 Å². The maximum Gasteiger partial charge on any atom is 0.416 e. The number of carbonyl (C=O) groups is 1. The molecule has 0 aromatic heterocycles. The van der Waals surface area contributed by atoms with Gasteiger partial charge in [-0.05, 0) is 48.8 Å². The van der Waals surface area contributed by atoms with Gasteiger partial charge in [-0.15, -0.1) is 0 Å². The Kier molecular flexibility index (Phi) is 5.74. The standard InChI is InChI=1S/C26H33F3N2O2/c1-17-5-4-8-25(2)15-23-20(14-22(17)25)21(24(32)33-23)16-30-9-11-31(12-10-30)19-7-3-6-18(13-19)26(27,28)29/h3,6-7,13-14,17,20-21,23H,4-5,8-12,15-16H2,1-2H3/t17-,20-,21+,23+,25-/m1/s1. The van der Waals surface area contributed by atoms with Gasteiger partial charge in [0.2, 0.25) is 0 Å². The fourth-order valence-electron chi connectivity index (χ4n) is 6.60. The van der Waals surface area contributed by atoms with Crippen LogP contribution >= 0.6 is 0 Å². The molecule has 0 amide bonds. The van der Waals surface area contributed by atoms with Crippen molar-refractivity contribution in [2.24, 2.45) is 23.2 Å². The van der Waals surface area contributed by atoms with Crippen LogP contribution in [0.25, 0.3) is 0 Å². The van der Waals surface area contributed by atoms with E-state index in [1.165, 1.54) is 37.0 Å². The molecule has 0 bridgehead atoms. The normalized spacial score (nSPS) is 35.0. The quantitative estimate of drug-likeness (QED) is 0.460.